The van der Waals surface area contributed by atoms with Crippen LogP contribution in [0.2, 0.25) is 0 Å². The fourth-order valence-electron chi connectivity index (χ4n) is 2.84. The average Bonchev–Trinajstić information content (AvgIpc) is 2.50. The Morgan fingerprint density at radius 3 is 3.00 bits per heavy atom. The van der Waals surface area contributed by atoms with Gasteiger partial charge in [0.2, 0.25) is 0 Å². The average molecular weight is 286 g/mol. The number of nitriles is 1. The molecule has 0 aliphatic carbocycles. The van der Waals surface area contributed by atoms with Gasteiger partial charge in [-0.25, -0.2) is 0 Å². The van der Waals surface area contributed by atoms with Gasteiger partial charge in [-0.2, -0.15) is 5.26 Å². The lowest BCUT2D eigenvalue weighted by atomic mass is 9.97. The van der Waals surface area contributed by atoms with Gasteiger partial charge in [0.1, 0.15) is 0 Å². The van der Waals surface area contributed by atoms with E-state index < -0.39 is 0 Å². The van der Waals surface area contributed by atoms with Gasteiger partial charge in [-0.3, -0.25) is 9.69 Å². The second-order valence-electron chi connectivity index (χ2n) is 5.58. The van der Waals surface area contributed by atoms with Crippen LogP contribution in [0.3, 0.4) is 0 Å². The van der Waals surface area contributed by atoms with Gasteiger partial charge in [-0.15, -0.1) is 0 Å². The summed E-state index contributed by atoms with van der Waals surface area (Å²) in [5.74, 6) is -0.0730. The molecule has 4 heteroatoms. The largest absolute Gasteiger partial charge is 0.466 e. The van der Waals surface area contributed by atoms with Gasteiger partial charge < -0.3 is 4.74 Å². The van der Waals surface area contributed by atoms with E-state index in [1.165, 1.54) is 5.56 Å². The van der Waals surface area contributed by atoms with E-state index in [0.717, 1.165) is 38.0 Å². The highest BCUT2D eigenvalue weighted by Gasteiger charge is 2.26. The minimum atomic E-state index is -0.0706. The summed E-state index contributed by atoms with van der Waals surface area (Å²) < 4.78 is 5.13. The van der Waals surface area contributed by atoms with E-state index in [4.69, 9.17) is 10.00 Å². The zero-order valence-electron chi connectivity index (χ0n) is 12.8. The predicted molar refractivity (Wildman–Crippen MR) is 80.5 cm³/mol. The third-order valence-electron chi connectivity index (χ3n) is 3.99. The summed E-state index contributed by atoms with van der Waals surface area (Å²) in [5.41, 5.74) is 3.05. The Morgan fingerprint density at radius 2 is 2.33 bits per heavy atom. The van der Waals surface area contributed by atoms with E-state index in [9.17, 15) is 4.79 Å². The molecule has 0 saturated carbocycles. The van der Waals surface area contributed by atoms with E-state index >= 15 is 0 Å². The van der Waals surface area contributed by atoms with Crippen molar-refractivity contribution in [1.29, 1.82) is 5.26 Å². The van der Waals surface area contributed by atoms with E-state index in [0.29, 0.717) is 12.2 Å². The van der Waals surface area contributed by atoms with E-state index in [1.54, 1.807) is 0 Å². The van der Waals surface area contributed by atoms with Gasteiger partial charge in [-0.05, 0) is 56.5 Å². The zero-order valence-corrected chi connectivity index (χ0v) is 12.8. The Morgan fingerprint density at radius 1 is 1.52 bits per heavy atom. The molecule has 112 valence electrons. The van der Waals surface area contributed by atoms with Crippen LogP contribution in [0.4, 0.5) is 0 Å². The molecule has 0 bridgehead atoms. The summed E-state index contributed by atoms with van der Waals surface area (Å²) in [6.07, 6.45) is 1.94. The number of esters is 1. The number of rotatable bonds is 4. The fourth-order valence-corrected chi connectivity index (χ4v) is 2.84. The Bertz CT molecular complexity index is 548. The Kier molecular flexibility index (Phi) is 5.35. The smallest absolute Gasteiger partial charge is 0.310 e. The van der Waals surface area contributed by atoms with E-state index in [2.05, 4.69) is 11.0 Å². The van der Waals surface area contributed by atoms with Crippen LogP contribution in [-0.2, 0) is 16.1 Å². The Balaban J connectivity index is 1.99. The first-order valence-corrected chi connectivity index (χ1v) is 7.52. The summed E-state index contributed by atoms with van der Waals surface area (Å²) in [7, 11) is 0. The molecule has 1 atom stereocenters. The first kappa shape index (κ1) is 15.5. The van der Waals surface area contributed by atoms with Crippen LogP contribution in [0.25, 0.3) is 0 Å². The summed E-state index contributed by atoms with van der Waals surface area (Å²) in [6.45, 7) is 6.92. The van der Waals surface area contributed by atoms with E-state index in [-0.39, 0.29) is 11.9 Å². The number of aryl methyl sites for hydroxylation is 1. The molecular weight excluding hydrogens is 264 g/mol. The predicted octanol–water partition coefficient (Wildman–Crippen LogP) is 2.64. The van der Waals surface area contributed by atoms with Gasteiger partial charge in [0.05, 0.1) is 24.2 Å². The number of hydrogen-bond donors (Lipinski definition) is 0. The maximum atomic E-state index is 11.9. The van der Waals surface area contributed by atoms with Gasteiger partial charge in [-0.1, -0.05) is 6.07 Å². The number of carbonyl (C=O) groups is 1. The summed E-state index contributed by atoms with van der Waals surface area (Å²) >= 11 is 0. The van der Waals surface area contributed by atoms with Crippen molar-refractivity contribution in [2.45, 2.75) is 33.2 Å². The lowest BCUT2D eigenvalue weighted by Gasteiger charge is -2.31. The number of piperidine rings is 1. The highest BCUT2D eigenvalue weighted by molar-refractivity contribution is 5.72. The minimum Gasteiger partial charge on any atom is -0.466 e. The highest BCUT2D eigenvalue weighted by Crippen LogP contribution is 2.21. The molecule has 1 aromatic carbocycles. The molecule has 1 aromatic rings. The Hall–Kier alpha value is -1.86. The maximum absolute atomic E-state index is 11.9. The molecule has 1 fully saturated rings. The molecule has 0 unspecified atom stereocenters. The third kappa shape index (κ3) is 4.05. The molecule has 0 spiro atoms. The molecule has 0 amide bonds. The molecule has 1 saturated heterocycles. The first-order valence-electron chi connectivity index (χ1n) is 7.52. The number of likely N-dealkylation sites (tertiary alicyclic amines) is 1. The summed E-state index contributed by atoms with van der Waals surface area (Å²) in [6, 6.07) is 7.95. The molecule has 0 aromatic heterocycles. The van der Waals surface area contributed by atoms with Crippen LogP contribution in [0.15, 0.2) is 18.2 Å². The third-order valence-corrected chi connectivity index (χ3v) is 3.99. The molecule has 0 radical (unpaired) electrons. The standard InChI is InChI=1S/C17H22N2O2/c1-3-21-17(20)16-5-4-8-19(12-16)11-15-7-6-14(10-18)9-13(15)2/h6-7,9,16H,3-5,8,11-12H2,1-2H3/t16-/m1/s1. The van der Waals surface area contributed by atoms with Gasteiger partial charge in [0, 0.05) is 13.1 Å². The summed E-state index contributed by atoms with van der Waals surface area (Å²) in [5, 5.41) is 8.91. The summed E-state index contributed by atoms with van der Waals surface area (Å²) in [4.78, 5) is 14.2. The second kappa shape index (κ2) is 7.24. The number of carbonyl (C=O) groups excluding carboxylic acids is 1. The molecule has 21 heavy (non-hydrogen) atoms. The van der Waals surface area contributed by atoms with Crippen LogP contribution in [0, 0.1) is 24.2 Å². The topological polar surface area (TPSA) is 53.3 Å². The fraction of sp³-hybridized carbons (Fsp3) is 0.529. The minimum absolute atomic E-state index is 0.00242. The molecule has 1 aliphatic heterocycles. The van der Waals surface area contributed by atoms with Crippen molar-refractivity contribution >= 4 is 5.97 Å². The van der Waals surface area contributed by atoms with Crippen LogP contribution >= 0.6 is 0 Å². The van der Waals surface area contributed by atoms with Gasteiger partial charge in [0.25, 0.3) is 0 Å². The van der Waals surface area contributed by atoms with Crippen LogP contribution in [0.1, 0.15) is 36.5 Å². The SMILES string of the molecule is CCOC(=O)[C@@H]1CCCN(Cc2ccc(C#N)cc2C)C1. The van der Waals surface area contributed by atoms with Crippen molar-refractivity contribution < 1.29 is 9.53 Å². The number of ether oxygens (including phenoxy) is 1. The molecule has 1 aliphatic rings. The second-order valence-corrected chi connectivity index (χ2v) is 5.58. The van der Waals surface area contributed by atoms with Crippen LogP contribution in [0.5, 0.6) is 0 Å². The molecule has 1 heterocycles. The number of benzene rings is 1. The monoisotopic (exact) mass is 286 g/mol. The quantitative estimate of drug-likeness (QED) is 0.798. The van der Waals surface area contributed by atoms with Crippen molar-refractivity contribution in [3.8, 4) is 6.07 Å². The first-order chi connectivity index (χ1) is 10.1. The van der Waals surface area contributed by atoms with E-state index in [1.807, 2.05) is 32.0 Å². The number of nitrogens with zero attached hydrogens (tertiary/aromatic N) is 2. The van der Waals surface area contributed by atoms with Crippen LogP contribution in [-0.4, -0.2) is 30.6 Å². The molecule has 2 rings (SSSR count). The molecule has 4 nitrogen and oxygen atoms in total. The molecule has 0 N–H and O–H groups in total. The van der Waals surface area contributed by atoms with Crippen molar-refractivity contribution in [3.63, 3.8) is 0 Å². The van der Waals surface area contributed by atoms with Gasteiger partial charge >= 0.3 is 5.97 Å². The zero-order chi connectivity index (χ0) is 15.2. The molecular formula is C17H22N2O2. The lowest BCUT2D eigenvalue weighted by Crippen LogP contribution is -2.39. The lowest BCUT2D eigenvalue weighted by molar-refractivity contribution is -0.150. The van der Waals surface area contributed by atoms with Crippen molar-refractivity contribution in [3.05, 3.63) is 34.9 Å². The normalized spacial score (nSPS) is 19.0. The van der Waals surface area contributed by atoms with Gasteiger partial charge in [0.15, 0.2) is 0 Å². The Labute approximate surface area is 126 Å². The highest BCUT2D eigenvalue weighted by atomic mass is 16.5. The number of hydrogen-bond acceptors (Lipinski definition) is 4. The van der Waals surface area contributed by atoms with Crippen molar-refractivity contribution in [2.75, 3.05) is 19.7 Å². The maximum Gasteiger partial charge on any atom is 0.310 e. The van der Waals surface area contributed by atoms with Crippen molar-refractivity contribution in [2.24, 2.45) is 5.92 Å². The van der Waals surface area contributed by atoms with Crippen LogP contribution < -0.4 is 0 Å². The van der Waals surface area contributed by atoms with Crippen molar-refractivity contribution in [1.82, 2.24) is 4.90 Å².